The maximum atomic E-state index is 5.50. The zero-order valence-electron chi connectivity index (χ0n) is 8.51. The third kappa shape index (κ3) is 3.42. The molecule has 0 aliphatic heterocycles. The zero-order valence-corrected chi connectivity index (χ0v) is 10.9. The second-order valence-corrected chi connectivity index (χ2v) is 3.00. The first-order chi connectivity index (χ1) is 7.38. The van der Waals surface area contributed by atoms with Crippen LogP contribution < -0.4 is 10.5 Å². The van der Waals surface area contributed by atoms with Crippen molar-refractivity contribution in [3.05, 3.63) is 54.2 Å². The van der Waals surface area contributed by atoms with Gasteiger partial charge in [0.05, 0.1) is 5.69 Å². The number of rotatable bonds is 3. The summed E-state index contributed by atoms with van der Waals surface area (Å²) in [5, 5.41) is 0. The van der Waals surface area contributed by atoms with Crippen LogP contribution in [0.15, 0.2) is 42.5 Å². The van der Waals surface area contributed by atoms with E-state index in [2.05, 4.69) is 11.1 Å². The van der Waals surface area contributed by atoms with Crippen molar-refractivity contribution in [3.63, 3.8) is 0 Å². The Morgan fingerprint density at radius 2 is 2.06 bits per heavy atom. The van der Waals surface area contributed by atoms with Gasteiger partial charge < -0.3 is 10.5 Å². The van der Waals surface area contributed by atoms with Crippen LogP contribution in [0.3, 0.4) is 0 Å². The number of ether oxygens (including phenoxy) is 1. The Hall–Kier alpha value is -1.22. The second-order valence-electron chi connectivity index (χ2n) is 3.00. The number of nitrogens with two attached hydrogens (primary N) is 1. The van der Waals surface area contributed by atoms with Gasteiger partial charge in [-0.05, 0) is 6.07 Å². The molecular formula is C12H11IrN2O-. The van der Waals surface area contributed by atoms with E-state index in [0.29, 0.717) is 18.2 Å². The summed E-state index contributed by atoms with van der Waals surface area (Å²) in [7, 11) is 0. The molecule has 4 heteroatoms. The van der Waals surface area contributed by atoms with Crippen molar-refractivity contribution in [2.75, 3.05) is 0 Å². The Balaban J connectivity index is 0.00000128. The molecule has 1 aromatic heterocycles. The molecule has 0 unspecified atom stereocenters. The van der Waals surface area contributed by atoms with Gasteiger partial charge in [0, 0.05) is 38.5 Å². The van der Waals surface area contributed by atoms with Crippen molar-refractivity contribution in [3.8, 4) is 11.6 Å². The van der Waals surface area contributed by atoms with Crippen molar-refractivity contribution >= 4 is 0 Å². The molecule has 0 amide bonds. The van der Waals surface area contributed by atoms with Gasteiger partial charge in [-0.25, -0.2) is 4.98 Å². The summed E-state index contributed by atoms with van der Waals surface area (Å²) >= 11 is 0. The van der Waals surface area contributed by atoms with Gasteiger partial charge in [-0.1, -0.05) is 6.07 Å². The van der Waals surface area contributed by atoms with Crippen molar-refractivity contribution in [2.45, 2.75) is 6.54 Å². The minimum atomic E-state index is 0. The molecule has 85 valence electrons. The topological polar surface area (TPSA) is 48.1 Å². The van der Waals surface area contributed by atoms with Crippen LogP contribution >= 0.6 is 0 Å². The molecule has 0 atom stereocenters. The summed E-state index contributed by atoms with van der Waals surface area (Å²) in [6.45, 7) is 0.412. The number of pyridine rings is 1. The van der Waals surface area contributed by atoms with E-state index in [-0.39, 0.29) is 20.1 Å². The Morgan fingerprint density at radius 1 is 1.19 bits per heavy atom. The van der Waals surface area contributed by atoms with Gasteiger partial charge in [0.25, 0.3) is 0 Å². The van der Waals surface area contributed by atoms with E-state index < -0.39 is 0 Å². The van der Waals surface area contributed by atoms with Gasteiger partial charge in [-0.3, -0.25) is 0 Å². The third-order valence-electron chi connectivity index (χ3n) is 1.89. The first-order valence-electron chi connectivity index (χ1n) is 4.69. The molecule has 2 aromatic rings. The molecule has 3 nitrogen and oxygen atoms in total. The van der Waals surface area contributed by atoms with Crippen LogP contribution in [0.5, 0.6) is 11.6 Å². The smallest absolute Gasteiger partial charge is 0.216 e. The number of hydrogen-bond donors (Lipinski definition) is 1. The molecule has 16 heavy (non-hydrogen) atoms. The molecule has 0 aliphatic carbocycles. The first-order valence-corrected chi connectivity index (χ1v) is 4.69. The quantitative estimate of drug-likeness (QED) is 0.816. The molecule has 0 aliphatic rings. The molecule has 0 saturated carbocycles. The van der Waals surface area contributed by atoms with Crippen molar-refractivity contribution < 1.29 is 24.8 Å². The van der Waals surface area contributed by atoms with Crippen LogP contribution in [0.1, 0.15) is 5.69 Å². The molecule has 0 spiro atoms. The van der Waals surface area contributed by atoms with Gasteiger partial charge in [0.1, 0.15) is 0 Å². The number of hydrogen-bond acceptors (Lipinski definition) is 3. The van der Waals surface area contributed by atoms with Crippen LogP contribution in [0.4, 0.5) is 0 Å². The monoisotopic (exact) mass is 392 g/mol. The van der Waals surface area contributed by atoms with E-state index in [1.54, 1.807) is 12.1 Å². The standard InChI is InChI=1S/C12H11N2O.Ir/c13-9-10-5-4-8-12(14-10)15-11-6-2-1-3-7-11;/h1-6,8H,9,13H2;/q-1;. The molecule has 0 fully saturated rings. The summed E-state index contributed by atoms with van der Waals surface area (Å²) < 4.78 is 5.50. The molecule has 0 saturated heterocycles. The molecule has 1 radical (unpaired) electrons. The summed E-state index contributed by atoms with van der Waals surface area (Å²) in [5.74, 6) is 1.19. The fourth-order valence-electron chi connectivity index (χ4n) is 1.18. The normalized spacial score (nSPS) is 9.31. The average Bonchev–Trinajstić information content (AvgIpc) is 2.31. The second kappa shape index (κ2) is 6.38. The molecule has 1 heterocycles. The third-order valence-corrected chi connectivity index (χ3v) is 1.89. The van der Waals surface area contributed by atoms with Gasteiger partial charge in [0.15, 0.2) is 0 Å². The Labute approximate surface area is 108 Å². The molecule has 0 bridgehead atoms. The number of aromatic nitrogens is 1. The summed E-state index contributed by atoms with van der Waals surface area (Å²) in [4.78, 5) is 4.22. The summed E-state index contributed by atoms with van der Waals surface area (Å²) in [6.07, 6.45) is 0. The van der Waals surface area contributed by atoms with E-state index in [1.807, 2.05) is 30.3 Å². The first kappa shape index (κ1) is 12.8. The van der Waals surface area contributed by atoms with Gasteiger partial charge in [0.2, 0.25) is 5.88 Å². The Bertz CT molecular complexity index is 434. The zero-order chi connectivity index (χ0) is 10.5. The van der Waals surface area contributed by atoms with Crippen molar-refractivity contribution in [2.24, 2.45) is 5.73 Å². The van der Waals surface area contributed by atoms with Crippen LogP contribution in [-0.2, 0) is 26.7 Å². The van der Waals surface area contributed by atoms with Crippen molar-refractivity contribution in [1.82, 2.24) is 4.98 Å². The van der Waals surface area contributed by atoms with E-state index in [9.17, 15) is 0 Å². The molecule has 2 rings (SSSR count). The van der Waals surface area contributed by atoms with Crippen molar-refractivity contribution in [1.29, 1.82) is 0 Å². The van der Waals surface area contributed by atoms with E-state index >= 15 is 0 Å². The van der Waals surface area contributed by atoms with Gasteiger partial charge in [-0.15, -0.1) is 12.1 Å². The van der Waals surface area contributed by atoms with E-state index in [0.717, 1.165) is 5.69 Å². The van der Waals surface area contributed by atoms with Crippen LogP contribution in [0.25, 0.3) is 0 Å². The fraction of sp³-hybridized carbons (Fsp3) is 0.0833. The molecule has 1 aromatic carbocycles. The summed E-state index contributed by atoms with van der Waals surface area (Å²) in [5.41, 5.74) is 6.29. The number of para-hydroxylation sites is 1. The minimum Gasteiger partial charge on any atom is -0.466 e. The Kier molecular flexibility index (Phi) is 5.12. The SMILES string of the molecule is NCc1cccc(Oc2[c-]cccc2)n1.[Ir]. The van der Waals surface area contributed by atoms with Crippen LogP contribution in [0.2, 0.25) is 0 Å². The van der Waals surface area contributed by atoms with Gasteiger partial charge in [-0.2, -0.15) is 18.2 Å². The fourth-order valence-corrected chi connectivity index (χ4v) is 1.18. The van der Waals surface area contributed by atoms with E-state index in [4.69, 9.17) is 10.5 Å². The minimum absolute atomic E-state index is 0. The average molecular weight is 391 g/mol. The van der Waals surface area contributed by atoms with E-state index in [1.165, 1.54) is 0 Å². The van der Waals surface area contributed by atoms with Gasteiger partial charge >= 0.3 is 0 Å². The molecular weight excluding hydrogens is 380 g/mol. The number of nitrogens with zero attached hydrogens (tertiary/aromatic N) is 1. The predicted octanol–water partition coefficient (Wildman–Crippen LogP) is 2.13. The van der Waals surface area contributed by atoms with Crippen LogP contribution in [0, 0.1) is 6.07 Å². The number of benzene rings is 1. The Morgan fingerprint density at radius 3 is 2.75 bits per heavy atom. The molecule has 2 N–H and O–H groups in total. The van der Waals surface area contributed by atoms with Crippen LogP contribution in [-0.4, -0.2) is 4.98 Å². The largest absolute Gasteiger partial charge is 0.466 e. The maximum Gasteiger partial charge on any atom is 0.216 e. The predicted molar refractivity (Wildman–Crippen MR) is 57.5 cm³/mol. The maximum absolute atomic E-state index is 5.50. The summed E-state index contributed by atoms with van der Waals surface area (Å²) in [6, 6.07) is 15.9.